The number of benzene rings is 2. The molecule has 0 aromatic heterocycles. The third kappa shape index (κ3) is 3.47. The fraction of sp³-hybridized carbons (Fsp3) is 0.286. The molecule has 0 spiro atoms. The number of hydrogen-bond donors (Lipinski definition) is 2. The quantitative estimate of drug-likeness (QED) is 0.834. The Labute approximate surface area is 168 Å². The van der Waals surface area contributed by atoms with Crippen LogP contribution in [0.4, 0.5) is 5.69 Å². The molecule has 4 rings (SSSR count). The van der Waals surface area contributed by atoms with E-state index in [0.29, 0.717) is 10.7 Å². The molecule has 0 unspecified atom stereocenters. The van der Waals surface area contributed by atoms with Gasteiger partial charge in [0.25, 0.3) is 11.8 Å². The van der Waals surface area contributed by atoms with Crippen molar-refractivity contribution in [3.8, 4) is 0 Å². The van der Waals surface area contributed by atoms with Crippen LogP contribution in [-0.4, -0.2) is 24.2 Å². The van der Waals surface area contributed by atoms with Crippen LogP contribution in [0.1, 0.15) is 30.4 Å². The number of carbonyl (C=O) groups excluding carboxylic acids is 2. The zero-order valence-corrected chi connectivity index (χ0v) is 16.3. The molecule has 0 saturated heterocycles. The summed E-state index contributed by atoms with van der Waals surface area (Å²) >= 11 is 5.99. The molecule has 1 heterocycles. The predicted octanol–water partition coefficient (Wildman–Crippen LogP) is 3.09. The average Bonchev–Trinajstić information content (AvgIpc) is 2.66. The van der Waals surface area contributed by atoms with Gasteiger partial charge in [-0.3, -0.25) is 20.0 Å². The number of halogens is 1. The molecule has 2 amide bonds. The summed E-state index contributed by atoms with van der Waals surface area (Å²) < 4.78 is 0. The largest absolute Gasteiger partial charge is 0.340 e. The van der Waals surface area contributed by atoms with Crippen molar-refractivity contribution in [3.05, 3.63) is 64.7 Å². The number of amidine groups is 1. The van der Waals surface area contributed by atoms with E-state index in [1.54, 1.807) is 0 Å². The SMILES string of the molecule is Cc1ccc(N2NC(C(=O)NC3(c4ccc(Cl)cc4)CCC3)=NCC2=O)cc1. The van der Waals surface area contributed by atoms with Gasteiger partial charge in [-0.05, 0) is 56.0 Å². The average molecular weight is 397 g/mol. The monoisotopic (exact) mass is 396 g/mol. The summed E-state index contributed by atoms with van der Waals surface area (Å²) in [5.41, 5.74) is 5.25. The standard InChI is InChI=1S/C21H21ClN4O2/c1-14-3-9-17(10-4-14)26-18(27)13-23-19(25-26)20(28)24-21(11-2-12-21)15-5-7-16(22)8-6-15/h3-10H,2,11-13H2,1H3,(H,23,25)(H,24,28). The van der Waals surface area contributed by atoms with Crippen molar-refractivity contribution in [2.75, 3.05) is 11.6 Å². The Balaban J connectivity index is 1.52. The molecule has 0 radical (unpaired) electrons. The van der Waals surface area contributed by atoms with Crippen LogP contribution in [0, 0.1) is 6.92 Å². The van der Waals surface area contributed by atoms with Gasteiger partial charge in [0, 0.05) is 5.02 Å². The first-order chi connectivity index (χ1) is 13.5. The summed E-state index contributed by atoms with van der Waals surface area (Å²) in [7, 11) is 0. The number of aryl methyl sites for hydroxylation is 1. The predicted molar refractivity (Wildman–Crippen MR) is 109 cm³/mol. The molecule has 144 valence electrons. The van der Waals surface area contributed by atoms with Crippen LogP contribution < -0.4 is 15.8 Å². The first-order valence-corrected chi connectivity index (χ1v) is 9.64. The van der Waals surface area contributed by atoms with E-state index in [0.717, 1.165) is 30.4 Å². The summed E-state index contributed by atoms with van der Waals surface area (Å²) in [5.74, 6) is -0.392. The number of hydrazine groups is 1. The van der Waals surface area contributed by atoms with Gasteiger partial charge in [-0.1, -0.05) is 41.4 Å². The lowest BCUT2D eigenvalue weighted by molar-refractivity contribution is -0.119. The highest BCUT2D eigenvalue weighted by molar-refractivity contribution is 6.39. The molecule has 2 aromatic rings. The number of anilines is 1. The Morgan fingerprint density at radius 2 is 1.82 bits per heavy atom. The summed E-state index contributed by atoms with van der Waals surface area (Å²) in [5, 5.41) is 5.15. The Hall–Kier alpha value is -2.86. The zero-order chi connectivity index (χ0) is 19.7. The molecule has 7 heteroatoms. The van der Waals surface area contributed by atoms with Crippen molar-refractivity contribution in [3.63, 3.8) is 0 Å². The van der Waals surface area contributed by atoms with E-state index in [1.165, 1.54) is 5.01 Å². The van der Waals surface area contributed by atoms with Gasteiger partial charge in [-0.25, -0.2) is 5.01 Å². The second kappa shape index (κ2) is 7.28. The molecule has 2 N–H and O–H groups in total. The molecule has 1 fully saturated rings. The van der Waals surface area contributed by atoms with E-state index in [2.05, 4.69) is 15.7 Å². The number of carbonyl (C=O) groups is 2. The smallest absolute Gasteiger partial charge is 0.288 e. The van der Waals surface area contributed by atoms with Crippen molar-refractivity contribution in [2.45, 2.75) is 31.7 Å². The number of amides is 2. The van der Waals surface area contributed by atoms with Gasteiger partial charge in [-0.2, -0.15) is 0 Å². The molecule has 1 aliphatic heterocycles. The first kappa shape index (κ1) is 18.5. The number of aliphatic imine (C=N–C) groups is 1. The highest BCUT2D eigenvalue weighted by Crippen LogP contribution is 2.41. The highest BCUT2D eigenvalue weighted by Gasteiger charge is 2.41. The second-order valence-corrected chi connectivity index (χ2v) is 7.67. The van der Waals surface area contributed by atoms with Crippen molar-refractivity contribution < 1.29 is 9.59 Å². The fourth-order valence-electron chi connectivity index (χ4n) is 3.51. The van der Waals surface area contributed by atoms with Crippen LogP contribution in [0.25, 0.3) is 0 Å². The lowest BCUT2D eigenvalue weighted by Crippen LogP contribution is -2.60. The van der Waals surface area contributed by atoms with E-state index < -0.39 is 5.54 Å². The molecular weight excluding hydrogens is 376 g/mol. The number of nitrogens with one attached hydrogen (secondary N) is 2. The van der Waals surface area contributed by atoms with Crippen molar-refractivity contribution in [1.82, 2.24) is 10.7 Å². The van der Waals surface area contributed by atoms with Crippen LogP contribution in [0.3, 0.4) is 0 Å². The van der Waals surface area contributed by atoms with Gasteiger partial charge in [0.05, 0.1) is 11.2 Å². The molecule has 1 aliphatic carbocycles. The first-order valence-electron chi connectivity index (χ1n) is 9.26. The molecule has 2 aliphatic rings. The maximum Gasteiger partial charge on any atom is 0.288 e. The minimum Gasteiger partial charge on any atom is -0.340 e. The summed E-state index contributed by atoms with van der Waals surface area (Å²) in [6.07, 6.45) is 2.75. The maximum absolute atomic E-state index is 12.9. The van der Waals surface area contributed by atoms with Crippen LogP contribution >= 0.6 is 11.6 Å². The zero-order valence-electron chi connectivity index (χ0n) is 15.5. The van der Waals surface area contributed by atoms with E-state index in [-0.39, 0.29) is 24.2 Å². The molecule has 1 saturated carbocycles. The fourth-order valence-corrected chi connectivity index (χ4v) is 3.63. The van der Waals surface area contributed by atoms with Crippen LogP contribution in [0.5, 0.6) is 0 Å². The normalized spacial score (nSPS) is 18.0. The molecule has 2 aromatic carbocycles. The highest BCUT2D eigenvalue weighted by atomic mass is 35.5. The Morgan fingerprint density at radius 1 is 1.14 bits per heavy atom. The van der Waals surface area contributed by atoms with Gasteiger partial charge in [0.1, 0.15) is 6.54 Å². The van der Waals surface area contributed by atoms with E-state index in [1.807, 2.05) is 55.5 Å². The van der Waals surface area contributed by atoms with E-state index in [9.17, 15) is 9.59 Å². The second-order valence-electron chi connectivity index (χ2n) is 7.24. The topological polar surface area (TPSA) is 73.8 Å². The molecule has 28 heavy (non-hydrogen) atoms. The third-order valence-corrected chi connectivity index (χ3v) is 5.56. The van der Waals surface area contributed by atoms with Gasteiger partial charge < -0.3 is 5.32 Å². The Bertz CT molecular complexity index is 934. The molecule has 0 bridgehead atoms. The van der Waals surface area contributed by atoms with Crippen molar-refractivity contribution in [1.29, 1.82) is 0 Å². The Morgan fingerprint density at radius 3 is 2.43 bits per heavy atom. The van der Waals surface area contributed by atoms with E-state index in [4.69, 9.17) is 11.6 Å². The van der Waals surface area contributed by atoms with Crippen LogP contribution in [0.15, 0.2) is 53.5 Å². The van der Waals surface area contributed by atoms with Crippen molar-refractivity contribution >= 4 is 34.9 Å². The van der Waals surface area contributed by atoms with Gasteiger partial charge in [-0.15, -0.1) is 0 Å². The number of hydrogen-bond acceptors (Lipinski definition) is 4. The number of nitrogens with zero attached hydrogens (tertiary/aromatic N) is 2. The Kier molecular flexibility index (Phi) is 4.81. The third-order valence-electron chi connectivity index (χ3n) is 5.30. The lowest BCUT2D eigenvalue weighted by atomic mass is 9.71. The summed E-state index contributed by atoms with van der Waals surface area (Å²) in [6, 6.07) is 15.1. The van der Waals surface area contributed by atoms with Crippen LogP contribution in [-0.2, 0) is 15.1 Å². The van der Waals surface area contributed by atoms with Gasteiger partial charge in [0.15, 0.2) is 0 Å². The minimum atomic E-state index is -0.415. The summed E-state index contributed by atoms with van der Waals surface area (Å²) in [4.78, 5) is 29.3. The number of rotatable bonds is 4. The lowest BCUT2D eigenvalue weighted by Gasteiger charge is -2.43. The van der Waals surface area contributed by atoms with Gasteiger partial charge in [0.2, 0.25) is 5.84 Å². The molecule has 0 atom stereocenters. The molecule has 6 nitrogen and oxygen atoms in total. The van der Waals surface area contributed by atoms with Crippen molar-refractivity contribution in [2.24, 2.45) is 4.99 Å². The van der Waals surface area contributed by atoms with Gasteiger partial charge >= 0.3 is 0 Å². The molecular formula is C21H21ClN4O2. The summed E-state index contributed by atoms with van der Waals surface area (Å²) in [6.45, 7) is 1.90. The van der Waals surface area contributed by atoms with E-state index >= 15 is 0 Å². The van der Waals surface area contributed by atoms with Crippen LogP contribution in [0.2, 0.25) is 5.02 Å². The maximum atomic E-state index is 12.9. The minimum absolute atomic E-state index is 0.0719.